The molecule has 1 aliphatic rings. The molecule has 1 aromatic rings. The van der Waals surface area contributed by atoms with Gasteiger partial charge in [-0.15, -0.1) is 0 Å². The smallest absolute Gasteiger partial charge is 0.391 e. The zero-order chi connectivity index (χ0) is 15.7. The third-order valence-electron chi connectivity index (χ3n) is 3.59. The molecule has 9 heteroatoms. The van der Waals surface area contributed by atoms with Gasteiger partial charge >= 0.3 is 6.18 Å². The molecular formula is C12H14F3NO4S. The van der Waals surface area contributed by atoms with Crippen molar-refractivity contribution in [3.05, 3.63) is 24.2 Å². The van der Waals surface area contributed by atoms with E-state index in [0.29, 0.717) is 0 Å². The highest BCUT2D eigenvalue weighted by Gasteiger charge is 2.43. The topological polar surface area (TPSA) is 76.4 Å². The highest BCUT2D eigenvalue weighted by molar-refractivity contribution is 7.90. The number of amides is 1. The van der Waals surface area contributed by atoms with Gasteiger partial charge in [-0.05, 0) is 31.7 Å². The summed E-state index contributed by atoms with van der Waals surface area (Å²) >= 11 is 0. The summed E-state index contributed by atoms with van der Waals surface area (Å²) in [6.07, 6.45) is -2.70. The van der Waals surface area contributed by atoms with Crippen molar-refractivity contribution in [2.75, 3.05) is 0 Å². The van der Waals surface area contributed by atoms with Crippen LogP contribution in [-0.2, 0) is 10.0 Å². The molecule has 1 heterocycles. The molecule has 1 fully saturated rings. The molecule has 5 nitrogen and oxygen atoms in total. The van der Waals surface area contributed by atoms with Crippen molar-refractivity contribution >= 4 is 15.9 Å². The Morgan fingerprint density at radius 3 is 2.33 bits per heavy atom. The van der Waals surface area contributed by atoms with Crippen LogP contribution in [0.15, 0.2) is 23.0 Å². The standard InChI is InChI=1S/C12H14F3NO4S/c13-12(14,15)9-1-3-10(4-2-9)21(18,19)16-11(17)8-5-6-20-7-8/h5-7,9-10H,1-4H2,(H,16,17). The molecule has 0 aliphatic heterocycles. The minimum atomic E-state index is -4.30. The minimum absolute atomic E-state index is 0.0440. The summed E-state index contributed by atoms with van der Waals surface area (Å²) in [7, 11) is -3.99. The Hall–Kier alpha value is -1.51. The fraction of sp³-hybridized carbons (Fsp3) is 0.583. The van der Waals surface area contributed by atoms with Crippen LogP contribution < -0.4 is 4.72 Å². The van der Waals surface area contributed by atoms with Crippen molar-refractivity contribution in [2.24, 2.45) is 5.92 Å². The number of sulfonamides is 1. The van der Waals surface area contributed by atoms with E-state index in [1.54, 1.807) is 0 Å². The summed E-state index contributed by atoms with van der Waals surface area (Å²) in [4.78, 5) is 11.7. The van der Waals surface area contributed by atoms with Gasteiger partial charge in [0.2, 0.25) is 10.0 Å². The molecule has 118 valence electrons. The molecular weight excluding hydrogens is 311 g/mol. The van der Waals surface area contributed by atoms with Crippen LogP contribution in [0.4, 0.5) is 13.2 Å². The molecule has 0 unspecified atom stereocenters. The van der Waals surface area contributed by atoms with Gasteiger partial charge in [0, 0.05) is 0 Å². The largest absolute Gasteiger partial charge is 0.472 e. The van der Waals surface area contributed by atoms with Gasteiger partial charge in [-0.3, -0.25) is 4.79 Å². The van der Waals surface area contributed by atoms with Crippen LogP contribution in [0.2, 0.25) is 0 Å². The van der Waals surface area contributed by atoms with Crippen molar-refractivity contribution < 1.29 is 30.8 Å². The lowest BCUT2D eigenvalue weighted by molar-refractivity contribution is -0.181. The number of carbonyl (C=O) groups excluding carboxylic acids is 1. The minimum Gasteiger partial charge on any atom is -0.472 e. The maximum Gasteiger partial charge on any atom is 0.391 e. The van der Waals surface area contributed by atoms with E-state index in [4.69, 9.17) is 0 Å². The molecule has 2 rings (SSSR count). The SMILES string of the molecule is O=C(NS(=O)(=O)C1CCC(C(F)(F)F)CC1)c1ccoc1. The Balaban J connectivity index is 1.97. The maximum absolute atomic E-state index is 12.5. The predicted octanol–water partition coefficient (Wildman–Crippen LogP) is 2.46. The van der Waals surface area contributed by atoms with Crippen molar-refractivity contribution in [1.29, 1.82) is 0 Å². The van der Waals surface area contributed by atoms with Crippen LogP contribution in [0.1, 0.15) is 36.0 Å². The first kappa shape index (κ1) is 15.9. The van der Waals surface area contributed by atoms with Crippen LogP contribution in [0, 0.1) is 5.92 Å². The van der Waals surface area contributed by atoms with Crippen molar-refractivity contribution in [1.82, 2.24) is 4.72 Å². The molecule has 1 amide bonds. The van der Waals surface area contributed by atoms with Gasteiger partial charge in [0.25, 0.3) is 5.91 Å². The zero-order valence-corrected chi connectivity index (χ0v) is 11.7. The maximum atomic E-state index is 12.5. The Morgan fingerprint density at radius 2 is 1.86 bits per heavy atom. The molecule has 0 spiro atoms. The van der Waals surface area contributed by atoms with Gasteiger partial charge in [-0.25, -0.2) is 13.1 Å². The quantitative estimate of drug-likeness (QED) is 0.926. The Bertz CT molecular complexity index is 587. The van der Waals surface area contributed by atoms with Crippen LogP contribution in [0.3, 0.4) is 0 Å². The summed E-state index contributed by atoms with van der Waals surface area (Å²) in [6, 6.07) is 1.30. The first-order valence-electron chi connectivity index (χ1n) is 6.35. The van der Waals surface area contributed by atoms with Crippen molar-refractivity contribution in [3.63, 3.8) is 0 Å². The predicted molar refractivity (Wildman–Crippen MR) is 66.9 cm³/mol. The van der Waals surface area contributed by atoms with Gasteiger partial charge in [0.05, 0.1) is 23.0 Å². The Labute approximate surface area is 119 Å². The van der Waals surface area contributed by atoms with E-state index in [-0.39, 0.29) is 31.2 Å². The summed E-state index contributed by atoms with van der Waals surface area (Å²) < 4.78 is 68.1. The molecule has 0 bridgehead atoms. The van der Waals surface area contributed by atoms with Crippen molar-refractivity contribution in [2.45, 2.75) is 37.1 Å². The first-order valence-corrected chi connectivity index (χ1v) is 7.89. The number of alkyl halides is 3. The van der Waals surface area contributed by atoms with Crippen LogP contribution >= 0.6 is 0 Å². The Kier molecular flexibility index (Phi) is 4.31. The van der Waals surface area contributed by atoms with E-state index in [0.717, 1.165) is 6.26 Å². The van der Waals surface area contributed by atoms with Crippen LogP contribution in [-0.4, -0.2) is 25.8 Å². The average Bonchev–Trinajstić information content (AvgIpc) is 2.91. The number of carbonyl (C=O) groups is 1. The summed E-state index contributed by atoms with van der Waals surface area (Å²) in [5.41, 5.74) is 0.0440. The van der Waals surface area contributed by atoms with E-state index in [9.17, 15) is 26.4 Å². The monoisotopic (exact) mass is 325 g/mol. The highest BCUT2D eigenvalue weighted by Crippen LogP contribution is 2.38. The molecule has 1 N–H and O–H groups in total. The van der Waals surface area contributed by atoms with E-state index in [2.05, 4.69) is 4.42 Å². The lowest BCUT2D eigenvalue weighted by Gasteiger charge is -2.29. The summed E-state index contributed by atoms with van der Waals surface area (Å²) in [5.74, 6) is -2.31. The Morgan fingerprint density at radius 1 is 1.24 bits per heavy atom. The molecule has 1 aliphatic carbocycles. The summed E-state index contributed by atoms with van der Waals surface area (Å²) in [6.45, 7) is 0. The van der Waals surface area contributed by atoms with E-state index in [1.807, 2.05) is 4.72 Å². The molecule has 0 aromatic carbocycles. The van der Waals surface area contributed by atoms with Gasteiger partial charge in [-0.2, -0.15) is 13.2 Å². The molecule has 1 saturated carbocycles. The van der Waals surface area contributed by atoms with E-state index >= 15 is 0 Å². The number of halogens is 3. The number of nitrogens with one attached hydrogen (secondary N) is 1. The number of furan rings is 1. The van der Waals surface area contributed by atoms with Gasteiger partial charge in [-0.1, -0.05) is 0 Å². The third-order valence-corrected chi connectivity index (χ3v) is 5.41. The molecule has 0 radical (unpaired) electrons. The highest BCUT2D eigenvalue weighted by atomic mass is 32.2. The lowest BCUT2D eigenvalue weighted by atomic mass is 9.88. The van der Waals surface area contributed by atoms with Crippen LogP contribution in [0.25, 0.3) is 0 Å². The number of rotatable bonds is 3. The zero-order valence-electron chi connectivity index (χ0n) is 10.9. The van der Waals surface area contributed by atoms with E-state index < -0.39 is 33.3 Å². The van der Waals surface area contributed by atoms with Crippen molar-refractivity contribution in [3.8, 4) is 0 Å². The lowest BCUT2D eigenvalue weighted by Crippen LogP contribution is -2.41. The first-order chi connectivity index (χ1) is 9.70. The number of hydrogen-bond donors (Lipinski definition) is 1. The average molecular weight is 325 g/mol. The second-order valence-electron chi connectivity index (χ2n) is 5.00. The second kappa shape index (κ2) is 5.70. The van der Waals surface area contributed by atoms with Gasteiger partial charge in [0.1, 0.15) is 6.26 Å². The molecule has 0 atom stereocenters. The summed E-state index contributed by atoms with van der Waals surface area (Å²) in [5, 5.41) is -0.980. The fourth-order valence-electron chi connectivity index (χ4n) is 2.37. The normalized spacial score (nSPS) is 23.8. The third kappa shape index (κ3) is 3.78. The molecule has 0 saturated heterocycles. The number of hydrogen-bond acceptors (Lipinski definition) is 4. The fourth-order valence-corrected chi connectivity index (χ4v) is 3.80. The molecule has 21 heavy (non-hydrogen) atoms. The van der Waals surface area contributed by atoms with E-state index in [1.165, 1.54) is 12.3 Å². The van der Waals surface area contributed by atoms with Crippen LogP contribution in [0.5, 0.6) is 0 Å². The molecule has 1 aromatic heterocycles. The second-order valence-corrected chi connectivity index (χ2v) is 6.96. The van der Waals surface area contributed by atoms with Gasteiger partial charge in [0.15, 0.2) is 0 Å². The van der Waals surface area contributed by atoms with Gasteiger partial charge < -0.3 is 4.42 Å².